The highest BCUT2D eigenvalue weighted by atomic mass is 32.2. The third kappa shape index (κ3) is 4.22. The molecule has 7 nitrogen and oxygen atoms in total. The fraction of sp³-hybridized carbons (Fsp3) is 0.211. The van der Waals surface area contributed by atoms with Crippen molar-refractivity contribution in [1.82, 2.24) is 14.9 Å². The van der Waals surface area contributed by atoms with Crippen molar-refractivity contribution in [3.63, 3.8) is 0 Å². The molecule has 8 heteroatoms. The van der Waals surface area contributed by atoms with Crippen molar-refractivity contribution in [2.24, 2.45) is 5.73 Å². The van der Waals surface area contributed by atoms with Gasteiger partial charge in [0.25, 0.3) is 0 Å². The van der Waals surface area contributed by atoms with Crippen LogP contribution < -0.4 is 15.8 Å². The van der Waals surface area contributed by atoms with Crippen LogP contribution in [-0.2, 0) is 4.79 Å². The van der Waals surface area contributed by atoms with Gasteiger partial charge < -0.3 is 10.5 Å². The van der Waals surface area contributed by atoms with Crippen molar-refractivity contribution < 1.29 is 14.3 Å². The van der Waals surface area contributed by atoms with E-state index in [0.29, 0.717) is 11.8 Å². The number of primary amides is 1. The Balaban J connectivity index is 1.99. The minimum absolute atomic E-state index is 0.460. The van der Waals surface area contributed by atoms with E-state index in [1.807, 2.05) is 60.0 Å². The molecule has 0 aliphatic carbocycles. The van der Waals surface area contributed by atoms with E-state index < -0.39 is 17.2 Å². The molecule has 3 aromatic rings. The van der Waals surface area contributed by atoms with Crippen molar-refractivity contribution in [2.75, 3.05) is 6.61 Å². The highest BCUT2D eigenvalue weighted by Gasteiger charge is 2.21. The van der Waals surface area contributed by atoms with Crippen molar-refractivity contribution >= 4 is 34.7 Å². The Kier molecular flexibility index (Phi) is 5.66. The van der Waals surface area contributed by atoms with E-state index in [1.165, 1.54) is 11.8 Å². The molecule has 1 heterocycles. The van der Waals surface area contributed by atoms with Gasteiger partial charge >= 0.3 is 6.03 Å². The Morgan fingerprint density at radius 2 is 1.93 bits per heavy atom. The van der Waals surface area contributed by atoms with E-state index >= 15 is 0 Å². The summed E-state index contributed by atoms with van der Waals surface area (Å²) >= 11 is 1.26. The number of hydrogen-bond donors (Lipinski definition) is 2. The number of nitrogens with one attached hydrogen (secondary N) is 1. The number of imide groups is 1. The minimum atomic E-state index is -0.868. The second kappa shape index (κ2) is 8.13. The maximum Gasteiger partial charge on any atom is 0.318 e. The Labute approximate surface area is 160 Å². The van der Waals surface area contributed by atoms with Gasteiger partial charge in [0, 0.05) is 5.69 Å². The summed E-state index contributed by atoms with van der Waals surface area (Å²) in [6.45, 7) is 4.23. The second-order valence-electron chi connectivity index (χ2n) is 5.76. The van der Waals surface area contributed by atoms with Crippen LogP contribution in [0.4, 0.5) is 4.79 Å². The molecular weight excluding hydrogens is 364 g/mol. The minimum Gasteiger partial charge on any atom is -0.494 e. The number of carbonyl (C=O) groups is 2. The molecule has 0 saturated heterocycles. The van der Waals surface area contributed by atoms with Crippen LogP contribution in [0.1, 0.15) is 13.8 Å². The second-order valence-corrected chi connectivity index (χ2v) is 7.07. The zero-order valence-electron chi connectivity index (χ0n) is 15.0. The summed E-state index contributed by atoms with van der Waals surface area (Å²) in [7, 11) is 0. The van der Waals surface area contributed by atoms with Crippen LogP contribution in [-0.4, -0.2) is 33.3 Å². The summed E-state index contributed by atoms with van der Waals surface area (Å²) in [6.07, 6.45) is 0. The zero-order chi connectivity index (χ0) is 19.4. The zero-order valence-corrected chi connectivity index (χ0v) is 15.8. The molecular formula is C19H20N4O3S. The van der Waals surface area contributed by atoms with Crippen LogP contribution in [0, 0.1) is 0 Å². The fourth-order valence-corrected chi connectivity index (χ4v) is 3.57. The van der Waals surface area contributed by atoms with E-state index in [9.17, 15) is 9.59 Å². The lowest BCUT2D eigenvalue weighted by atomic mass is 10.2. The summed E-state index contributed by atoms with van der Waals surface area (Å²) in [5.74, 6) is 0.326. The van der Waals surface area contributed by atoms with Gasteiger partial charge in [-0.1, -0.05) is 23.9 Å². The number of carbonyl (C=O) groups excluding carboxylic acids is 2. The predicted molar refractivity (Wildman–Crippen MR) is 105 cm³/mol. The molecule has 1 atom stereocenters. The first-order valence-corrected chi connectivity index (χ1v) is 9.35. The number of urea groups is 1. The third-order valence-electron chi connectivity index (χ3n) is 3.83. The van der Waals surface area contributed by atoms with Gasteiger partial charge in [0.05, 0.1) is 22.9 Å². The number of nitrogens with two attached hydrogens (primary N) is 1. The van der Waals surface area contributed by atoms with Gasteiger partial charge in [-0.2, -0.15) is 0 Å². The Hall–Kier alpha value is -3.00. The van der Waals surface area contributed by atoms with Gasteiger partial charge in [0.1, 0.15) is 5.75 Å². The van der Waals surface area contributed by atoms with Gasteiger partial charge in [0.15, 0.2) is 5.16 Å². The molecule has 1 aromatic heterocycles. The van der Waals surface area contributed by atoms with Crippen molar-refractivity contribution in [2.45, 2.75) is 24.3 Å². The molecule has 2 aromatic carbocycles. The van der Waals surface area contributed by atoms with E-state index in [-0.39, 0.29) is 0 Å². The number of nitrogens with zero attached hydrogens (tertiary/aromatic N) is 2. The SMILES string of the molecule is CCOc1ccc(-n2c(S[C@@H](C)C(=O)NC(N)=O)nc3ccccc32)cc1. The van der Waals surface area contributed by atoms with E-state index in [0.717, 1.165) is 22.5 Å². The molecule has 3 amide bonds. The number of hydrogen-bond acceptors (Lipinski definition) is 5. The highest BCUT2D eigenvalue weighted by Crippen LogP contribution is 2.31. The Morgan fingerprint density at radius 3 is 2.59 bits per heavy atom. The number of fused-ring (bicyclic) bond motifs is 1. The van der Waals surface area contributed by atoms with E-state index in [4.69, 9.17) is 10.5 Å². The van der Waals surface area contributed by atoms with E-state index in [2.05, 4.69) is 10.3 Å². The first kappa shape index (κ1) is 18.8. The van der Waals surface area contributed by atoms with Gasteiger partial charge in [-0.25, -0.2) is 9.78 Å². The number of rotatable bonds is 6. The Morgan fingerprint density at radius 1 is 1.22 bits per heavy atom. The van der Waals surface area contributed by atoms with Crippen molar-refractivity contribution in [3.8, 4) is 11.4 Å². The average molecular weight is 384 g/mol. The van der Waals surface area contributed by atoms with Gasteiger partial charge in [-0.05, 0) is 50.2 Å². The first-order chi connectivity index (χ1) is 13.0. The number of benzene rings is 2. The lowest BCUT2D eigenvalue weighted by molar-refractivity contribution is -0.119. The molecule has 140 valence electrons. The van der Waals surface area contributed by atoms with Gasteiger partial charge in [-0.15, -0.1) is 0 Å². The molecule has 0 spiro atoms. The topological polar surface area (TPSA) is 99.2 Å². The normalized spacial score (nSPS) is 11.9. The monoisotopic (exact) mass is 384 g/mol. The number of imidazole rings is 1. The molecule has 0 aliphatic heterocycles. The van der Waals surface area contributed by atoms with Gasteiger partial charge in [0.2, 0.25) is 5.91 Å². The third-order valence-corrected chi connectivity index (χ3v) is 4.89. The summed E-state index contributed by atoms with van der Waals surface area (Å²) in [5, 5.41) is 2.20. The molecule has 0 aliphatic rings. The van der Waals surface area contributed by atoms with Crippen LogP contribution in [0.5, 0.6) is 5.75 Å². The van der Waals surface area contributed by atoms with Crippen LogP contribution in [0.2, 0.25) is 0 Å². The maximum absolute atomic E-state index is 12.1. The summed E-state index contributed by atoms with van der Waals surface area (Å²) in [4.78, 5) is 27.6. The van der Waals surface area contributed by atoms with Crippen LogP contribution >= 0.6 is 11.8 Å². The smallest absolute Gasteiger partial charge is 0.318 e. The summed E-state index contributed by atoms with van der Waals surface area (Å²) in [6, 6.07) is 14.5. The molecule has 0 bridgehead atoms. The largest absolute Gasteiger partial charge is 0.494 e. The average Bonchev–Trinajstić information content (AvgIpc) is 3.00. The number of thioether (sulfide) groups is 1. The highest BCUT2D eigenvalue weighted by molar-refractivity contribution is 8.00. The molecule has 0 fully saturated rings. The van der Waals surface area contributed by atoms with Crippen LogP contribution in [0.25, 0.3) is 16.7 Å². The Bertz CT molecular complexity index is 969. The number of amides is 3. The molecule has 0 radical (unpaired) electrons. The molecule has 3 rings (SSSR count). The fourth-order valence-electron chi connectivity index (χ4n) is 2.63. The quantitative estimate of drug-likeness (QED) is 0.636. The number of para-hydroxylation sites is 2. The lowest BCUT2D eigenvalue weighted by Crippen LogP contribution is -2.39. The maximum atomic E-state index is 12.1. The predicted octanol–water partition coefficient (Wildman–Crippen LogP) is 3.10. The van der Waals surface area contributed by atoms with Gasteiger partial charge in [-0.3, -0.25) is 14.7 Å². The van der Waals surface area contributed by atoms with Crippen molar-refractivity contribution in [1.29, 1.82) is 0 Å². The first-order valence-electron chi connectivity index (χ1n) is 8.47. The molecule has 0 unspecified atom stereocenters. The van der Waals surface area contributed by atoms with E-state index in [1.54, 1.807) is 6.92 Å². The number of ether oxygens (including phenoxy) is 1. The molecule has 3 N–H and O–H groups in total. The van der Waals surface area contributed by atoms with Crippen LogP contribution in [0.3, 0.4) is 0 Å². The summed E-state index contributed by atoms with van der Waals surface area (Å²) < 4.78 is 7.48. The van der Waals surface area contributed by atoms with Crippen LogP contribution in [0.15, 0.2) is 53.7 Å². The van der Waals surface area contributed by atoms with Crippen molar-refractivity contribution in [3.05, 3.63) is 48.5 Å². The number of aromatic nitrogens is 2. The standard InChI is InChI=1S/C19H20N4O3S/c1-3-26-14-10-8-13(9-11-14)23-16-7-5-4-6-15(16)21-19(23)27-12(2)17(24)22-18(20)25/h4-12H,3H2,1-2H3,(H3,20,22,24,25)/t12-/m0/s1. The molecule has 0 saturated carbocycles. The molecule has 27 heavy (non-hydrogen) atoms. The lowest BCUT2D eigenvalue weighted by Gasteiger charge is -2.13. The summed E-state index contributed by atoms with van der Waals surface area (Å²) in [5.41, 5.74) is 7.67.